The maximum absolute atomic E-state index is 11.9. The first-order valence-electron chi connectivity index (χ1n) is 7.19. The van der Waals surface area contributed by atoms with E-state index in [1.54, 1.807) is 25.5 Å². The van der Waals surface area contributed by atoms with Gasteiger partial charge in [0.05, 0.1) is 12.8 Å². The third-order valence-electron chi connectivity index (χ3n) is 3.01. The van der Waals surface area contributed by atoms with E-state index in [0.29, 0.717) is 25.5 Å². The van der Waals surface area contributed by atoms with Gasteiger partial charge in [-0.05, 0) is 12.5 Å². The number of aromatic nitrogens is 2. The Balaban J connectivity index is 1.62. The van der Waals surface area contributed by atoms with Gasteiger partial charge in [-0.2, -0.15) is 0 Å². The number of hydrogen-bond donors (Lipinski definition) is 2. The van der Waals surface area contributed by atoms with Crippen molar-refractivity contribution in [1.82, 2.24) is 15.3 Å². The molecule has 116 valence electrons. The molecule has 1 atom stereocenters. The summed E-state index contributed by atoms with van der Waals surface area (Å²) in [5.74, 6) is 0.557. The third kappa shape index (κ3) is 5.49. The Hall–Kier alpha value is -2.47. The second-order valence-electron chi connectivity index (χ2n) is 4.75. The lowest BCUT2D eigenvalue weighted by Crippen LogP contribution is -2.37. The zero-order valence-corrected chi connectivity index (χ0v) is 12.5. The molecule has 0 spiro atoms. The highest BCUT2D eigenvalue weighted by atomic mass is 16.5. The molecule has 0 saturated carbocycles. The minimum absolute atomic E-state index is 0.128. The maximum atomic E-state index is 11.9. The van der Waals surface area contributed by atoms with Crippen LogP contribution in [-0.2, 0) is 16.1 Å². The van der Waals surface area contributed by atoms with Crippen LogP contribution in [0.5, 0.6) is 0 Å². The fourth-order valence-corrected chi connectivity index (χ4v) is 1.78. The Labute approximate surface area is 129 Å². The molecule has 0 fully saturated rings. The van der Waals surface area contributed by atoms with Gasteiger partial charge >= 0.3 is 0 Å². The van der Waals surface area contributed by atoms with Crippen LogP contribution in [-0.4, -0.2) is 35.1 Å². The highest BCUT2D eigenvalue weighted by molar-refractivity contribution is 5.80. The second kappa shape index (κ2) is 8.74. The van der Waals surface area contributed by atoms with Crippen LogP contribution < -0.4 is 10.6 Å². The van der Waals surface area contributed by atoms with Crippen LogP contribution in [0.2, 0.25) is 0 Å². The van der Waals surface area contributed by atoms with E-state index < -0.39 is 6.10 Å². The van der Waals surface area contributed by atoms with E-state index in [-0.39, 0.29) is 5.91 Å². The van der Waals surface area contributed by atoms with Gasteiger partial charge in [0.1, 0.15) is 11.9 Å². The third-order valence-corrected chi connectivity index (χ3v) is 3.01. The van der Waals surface area contributed by atoms with Crippen molar-refractivity contribution in [2.24, 2.45) is 0 Å². The molecule has 1 heterocycles. The van der Waals surface area contributed by atoms with E-state index in [2.05, 4.69) is 20.6 Å². The lowest BCUT2D eigenvalue weighted by atomic mass is 10.2. The number of ether oxygens (including phenoxy) is 1. The van der Waals surface area contributed by atoms with Gasteiger partial charge < -0.3 is 15.4 Å². The minimum atomic E-state index is -0.489. The van der Waals surface area contributed by atoms with Gasteiger partial charge in [0.15, 0.2) is 0 Å². The minimum Gasteiger partial charge on any atom is -0.367 e. The smallest absolute Gasteiger partial charge is 0.248 e. The standard InChI is InChI=1S/C16H20N4O2/c1-13(22-12-14-5-3-2-4-6-14)16(21)20-10-9-19-15-11-17-7-8-18-15/h2-8,11,13H,9-10,12H2,1H3,(H,18,19)(H,20,21)/t13-/m0/s1. The van der Waals surface area contributed by atoms with Gasteiger partial charge in [-0.25, -0.2) is 4.98 Å². The SMILES string of the molecule is C[C@H](OCc1ccccc1)C(=O)NCCNc1cnccn1. The normalized spacial score (nSPS) is 11.7. The second-order valence-corrected chi connectivity index (χ2v) is 4.75. The molecule has 1 aromatic carbocycles. The van der Waals surface area contributed by atoms with Crippen LogP contribution >= 0.6 is 0 Å². The first kappa shape index (κ1) is 15.9. The van der Waals surface area contributed by atoms with Gasteiger partial charge in [0, 0.05) is 25.5 Å². The highest BCUT2D eigenvalue weighted by Crippen LogP contribution is 2.03. The first-order valence-corrected chi connectivity index (χ1v) is 7.19. The van der Waals surface area contributed by atoms with Crippen LogP contribution in [0.4, 0.5) is 5.82 Å². The summed E-state index contributed by atoms with van der Waals surface area (Å²) < 4.78 is 5.55. The first-order chi connectivity index (χ1) is 10.8. The van der Waals surface area contributed by atoms with Crippen molar-refractivity contribution in [2.75, 3.05) is 18.4 Å². The quantitative estimate of drug-likeness (QED) is 0.724. The lowest BCUT2D eigenvalue weighted by Gasteiger charge is -2.13. The highest BCUT2D eigenvalue weighted by Gasteiger charge is 2.12. The number of anilines is 1. The summed E-state index contributed by atoms with van der Waals surface area (Å²) in [6.45, 7) is 3.24. The predicted octanol–water partition coefficient (Wildman–Crippen LogP) is 1.61. The van der Waals surface area contributed by atoms with Crippen LogP contribution in [0.1, 0.15) is 12.5 Å². The van der Waals surface area contributed by atoms with E-state index in [0.717, 1.165) is 5.56 Å². The molecule has 2 N–H and O–H groups in total. The van der Waals surface area contributed by atoms with Crippen molar-refractivity contribution in [3.63, 3.8) is 0 Å². The molecule has 1 amide bonds. The van der Waals surface area contributed by atoms with Crippen LogP contribution in [0.3, 0.4) is 0 Å². The Morgan fingerprint density at radius 2 is 2.05 bits per heavy atom. The van der Waals surface area contributed by atoms with Crippen molar-refractivity contribution in [1.29, 1.82) is 0 Å². The Morgan fingerprint density at radius 1 is 1.23 bits per heavy atom. The molecule has 0 bridgehead atoms. The molecule has 0 unspecified atom stereocenters. The molecule has 0 radical (unpaired) electrons. The molecule has 0 saturated heterocycles. The lowest BCUT2D eigenvalue weighted by molar-refractivity contribution is -0.132. The van der Waals surface area contributed by atoms with Crippen molar-refractivity contribution < 1.29 is 9.53 Å². The Morgan fingerprint density at radius 3 is 2.77 bits per heavy atom. The van der Waals surface area contributed by atoms with Crippen LogP contribution in [0.25, 0.3) is 0 Å². The zero-order valence-electron chi connectivity index (χ0n) is 12.5. The van der Waals surface area contributed by atoms with Crippen molar-refractivity contribution in [3.8, 4) is 0 Å². The summed E-state index contributed by atoms with van der Waals surface area (Å²) in [5, 5.41) is 5.88. The van der Waals surface area contributed by atoms with Gasteiger partial charge in [0.2, 0.25) is 5.91 Å². The zero-order chi connectivity index (χ0) is 15.6. The monoisotopic (exact) mass is 300 g/mol. The molecule has 1 aromatic heterocycles. The van der Waals surface area contributed by atoms with Crippen molar-refractivity contribution in [2.45, 2.75) is 19.6 Å². The number of carbonyl (C=O) groups is 1. The number of nitrogens with one attached hydrogen (secondary N) is 2. The summed E-state index contributed by atoms with van der Waals surface area (Å²) >= 11 is 0. The molecular formula is C16H20N4O2. The average Bonchev–Trinajstić information content (AvgIpc) is 2.58. The summed E-state index contributed by atoms with van der Waals surface area (Å²) in [6.07, 6.45) is 4.36. The molecular weight excluding hydrogens is 280 g/mol. The van der Waals surface area contributed by atoms with E-state index in [4.69, 9.17) is 4.74 Å². The Kier molecular flexibility index (Phi) is 6.32. The molecule has 22 heavy (non-hydrogen) atoms. The molecule has 6 heteroatoms. The maximum Gasteiger partial charge on any atom is 0.248 e. The van der Waals surface area contributed by atoms with Gasteiger partial charge in [-0.1, -0.05) is 30.3 Å². The fraction of sp³-hybridized carbons (Fsp3) is 0.312. The molecule has 2 aromatic rings. The average molecular weight is 300 g/mol. The van der Waals surface area contributed by atoms with Gasteiger partial charge in [-0.15, -0.1) is 0 Å². The van der Waals surface area contributed by atoms with Crippen LogP contribution in [0.15, 0.2) is 48.9 Å². The topological polar surface area (TPSA) is 76.1 Å². The summed E-state index contributed by atoms with van der Waals surface area (Å²) in [4.78, 5) is 19.9. The summed E-state index contributed by atoms with van der Waals surface area (Å²) in [7, 11) is 0. The summed E-state index contributed by atoms with van der Waals surface area (Å²) in [5.41, 5.74) is 1.05. The summed E-state index contributed by atoms with van der Waals surface area (Å²) in [6, 6.07) is 9.78. The van der Waals surface area contributed by atoms with E-state index >= 15 is 0 Å². The number of carbonyl (C=O) groups excluding carboxylic acids is 1. The van der Waals surface area contributed by atoms with Gasteiger partial charge in [0.25, 0.3) is 0 Å². The van der Waals surface area contributed by atoms with Crippen molar-refractivity contribution in [3.05, 3.63) is 54.5 Å². The van der Waals surface area contributed by atoms with E-state index in [1.165, 1.54) is 0 Å². The number of hydrogen-bond acceptors (Lipinski definition) is 5. The number of amides is 1. The van der Waals surface area contributed by atoms with Crippen LogP contribution in [0, 0.1) is 0 Å². The van der Waals surface area contributed by atoms with Gasteiger partial charge in [-0.3, -0.25) is 9.78 Å². The molecule has 2 rings (SSSR count). The largest absolute Gasteiger partial charge is 0.367 e. The fourth-order valence-electron chi connectivity index (χ4n) is 1.78. The Bertz CT molecular complexity index is 563. The molecule has 0 aliphatic rings. The number of rotatable bonds is 8. The van der Waals surface area contributed by atoms with E-state index in [1.807, 2.05) is 30.3 Å². The molecule has 0 aliphatic carbocycles. The number of nitrogens with zero attached hydrogens (tertiary/aromatic N) is 2. The van der Waals surface area contributed by atoms with E-state index in [9.17, 15) is 4.79 Å². The molecule has 0 aliphatic heterocycles. The molecule has 6 nitrogen and oxygen atoms in total. The number of benzene rings is 1. The predicted molar refractivity (Wildman–Crippen MR) is 84.2 cm³/mol. The van der Waals surface area contributed by atoms with Crippen molar-refractivity contribution >= 4 is 11.7 Å².